The van der Waals surface area contributed by atoms with Gasteiger partial charge in [-0.2, -0.15) is 0 Å². The van der Waals surface area contributed by atoms with Crippen molar-refractivity contribution < 1.29 is 22.4 Å². The number of hydrogen-bond donors (Lipinski definition) is 1. The number of piperidine rings is 1. The molecule has 1 aliphatic rings. The van der Waals surface area contributed by atoms with Crippen molar-refractivity contribution in [2.45, 2.75) is 24.0 Å². The van der Waals surface area contributed by atoms with Crippen molar-refractivity contribution in [3.8, 4) is 0 Å². The van der Waals surface area contributed by atoms with E-state index in [-0.39, 0.29) is 0 Å². The second-order valence-corrected chi connectivity index (χ2v) is 7.72. The Morgan fingerprint density at radius 1 is 1.23 bits per heavy atom. The Bertz CT molecular complexity index is 649. The first-order valence-electron chi connectivity index (χ1n) is 7.06. The largest absolute Gasteiger partial charge is 0.317 e. The molecule has 0 saturated carbocycles. The van der Waals surface area contributed by atoms with Crippen LogP contribution in [-0.4, -0.2) is 39.3 Å². The molecule has 2 rings (SSSR count). The number of sulfone groups is 1. The van der Waals surface area contributed by atoms with Crippen LogP contribution in [0.4, 0.5) is 4.39 Å². The van der Waals surface area contributed by atoms with E-state index in [1.165, 1.54) is 24.3 Å². The molecular weight excluding hydrogens is 309 g/mol. The normalized spacial score (nSPS) is 17.9. The number of rotatable bonds is 6. The van der Waals surface area contributed by atoms with Gasteiger partial charge in [0.15, 0.2) is 15.6 Å². The zero-order chi connectivity index (χ0) is 16.2. The maximum Gasteiger partial charge on any atom is 0.167 e. The molecule has 5 nitrogen and oxygen atoms in total. The van der Waals surface area contributed by atoms with Crippen LogP contribution in [-0.2, 0) is 24.2 Å². The van der Waals surface area contributed by atoms with Crippen molar-refractivity contribution in [3.05, 3.63) is 35.6 Å². The van der Waals surface area contributed by atoms with Gasteiger partial charge in [0, 0.05) is 0 Å². The number of ketones is 1. The number of carbonyl (C=O) groups excluding carboxylic acids is 2. The fourth-order valence-electron chi connectivity index (χ4n) is 2.87. The fourth-order valence-corrected chi connectivity index (χ4v) is 5.00. The average molecular weight is 327 g/mol. The van der Waals surface area contributed by atoms with E-state index in [1.807, 2.05) is 0 Å². The summed E-state index contributed by atoms with van der Waals surface area (Å²) in [6.07, 6.45) is 0.631. The van der Waals surface area contributed by atoms with Crippen LogP contribution in [0.5, 0.6) is 0 Å². The number of halogens is 1. The standard InChI is InChI=1S/C15H18FNO4S/c16-13-3-1-12(2-4-13)15(6-8-17-9-7-15)22(20,21)11-14(19)5-10-18/h1-4,10,17H,5-9,11H2. The van der Waals surface area contributed by atoms with Gasteiger partial charge < -0.3 is 10.1 Å². The van der Waals surface area contributed by atoms with Crippen LogP contribution in [0.1, 0.15) is 24.8 Å². The molecule has 0 amide bonds. The lowest BCUT2D eigenvalue weighted by Crippen LogP contribution is -2.47. The number of Topliss-reactive ketones (excluding diaryl/α,β-unsaturated/α-hetero) is 1. The summed E-state index contributed by atoms with van der Waals surface area (Å²) < 4.78 is 37.6. The predicted octanol–water partition coefficient (Wildman–Crippen LogP) is 0.977. The van der Waals surface area contributed by atoms with Crippen molar-refractivity contribution in [2.24, 2.45) is 0 Å². The van der Waals surface area contributed by atoms with E-state index in [0.29, 0.717) is 37.8 Å². The summed E-state index contributed by atoms with van der Waals surface area (Å²) in [5.41, 5.74) is 0.495. The molecule has 1 N–H and O–H groups in total. The van der Waals surface area contributed by atoms with Gasteiger partial charge in [0.25, 0.3) is 0 Å². The third-order valence-electron chi connectivity index (χ3n) is 4.04. The minimum absolute atomic E-state index is 0.315. The molecule has 0 bridgehead atoms. The van der Waals surface area contributed by atoms with Crippen LogP contribution in [0.3, 0.4) is 0 Å². The monoisotopic (exact) mass is 327 g/mol. The Balaban J connectivity index is 2.42. The van der Waals surface area contributed by atoms with E-state index in [0.717, 1.165) is 0 Å². The summed E-state index contributed by atoms with van der Waals surface area (Å²) in [5, 5.41) is 3.09. The molecule has 1 fully saturated rings. The zero-order valence-electron chi connectivity index (χ0n) is 12.0. The van der Waals surface area contributed by atoms with E-state index >= 15 is 0 Å². The second kappa shape index (κ2) is 6.66. The summed E-state index contributed by atoms with van der Waals surface area (Å²) in [5.74, 6) is -1.72. The highest BCUT2D eigenvalue weighted by Gasteiger charge is 2.46. The summed E-state index contributed by atoms with van der Waals surface area (Å²) in [7, 11) is -3.80. The highest BCUT2D eigenvalue weighted by Crippen LogP contribution is 2.39. The van der Waals surface area contributed by atoms with Crippen molar-refractivity contribution >= 4 is 21.9 Å². The van der Waals surface area contributed by atoms with Crippen LogP contribution < -0.4 is 5.32 Å². The zero-order valence-corrected chi connectivity index (χ0v) is 12.9. The summed E-state index contributed by atoms with van der Waals surface area (Å²) in [6, 6.07) is 5.37. The first-order valence-corrected chi connectivity index (χ1v) is 8.71. The molecule has 120 valence electrons. The maximum atomic E-state index is 13.1. The van der Waals surface area contributed by atoms with Gasteiger partial charge in [0.05, 0.1) is 11.2 Å². The van der Waals surface area contributed by atoms with Gasteiger partial charge in [0.2, 0.25) is 0 Å². The van der Waals surface area contributed by atoms with Crippen LogP contribution >= 0.6 is 0 Å². The molecule has 1 saturated heterocycles. The van der Waals surface area contributed by atoms with E-state index in [1.54, 1.807) is 0 Å². The lowest BCUT2D eigenvalue weighted by atomic mass is 9.89. The highest BCUT2D eigenvalue weighted by atomic mass is 32.2. The molecular formula is C15H18FNO4S. The molecule has 0 atom stereocenters. The minimum atomic E-state index is -3.80. The summed E-state index contributed by atoms with van der Waals surface area (Å²) in [4.78, 5) is 22.0. The van der Waals surface area contributed by atoms with Gasteiger partial charge in [-0.15, -0.1) is 0 Å². The fraction of sp³-hybridized carbons (Fsp3) is 0.467. The lowest BCUT2D eigenvalue weighted by Gasteiger charge is -2.37. The lowest BCUT2D eigenvalue weighted by molar-refractivity contribution is -0.120. The summed E-state index contributed by atoms with van der Waals surface area (Å²) in [6.45, 7) is 0.997. The van der Waals surface area contributed by atoms with Crippen molar-refractivity contribution in [1.29, 1.82) is 0 Å². The predicted molar refractivity (Wildman–Crippen MR) is 79.7 cm³/mol. The van der Waals surface area contributed by atoms with Crippen molar-refractivity contribution in [2.75, 3.05) is 18.8 Å². The van der Waals surface area contributed by atoms with Gasteiger partial charge >= 0.3 is 0 Å². The quantitative estimate of drug-likeness (QED) is 0.622. The van der Waals surface area contributed by atoms with Gasteiger partial charge in [-0.05, 0) is 43.6 Å². The molecule has 1 heterocycles. The molecule has 0 aromatic heterocycles. The van der Waals surface area contributed by atoms with Crippen LogP contribution in [0.2, 0.25) is 0 Å². The number of benzene rings is 1. The first kappa shape index (κ1) is 16.8. The van der Waals surface area contributed by atoms with Crippen LogP contribution in [0.25, 0.3) is 0 Å². The summed E-state index contributed by atoms with van der Waals surface area (Å²) >= 11 is 0. The number of aldehydes is 1. The molecule has 7 heteroatoms. The molecule has 22 heavy (non-hydrogen) atoms. The van der Waals surface area contributed by atoms with E-state index < -0.39 is 38.4 Å². The highest BCUT2D eigenvalue weighted by molar-refractivity contribution is 7.93. The molecule has 0 spiro atoms. The van der Waals surface area contributed by atoms with E-state index in [4.69, 9.17) is 0 Å². The third-order valence-corrected chi connectivity index (χ3v) is 6.58. The van der Waals surface area contributed by atoms with E-state index in [2.05, 4.69) is 5.32 Å². The van der Waals surface area contributed by atoms with Gasteiger partial charge in [-0.1, -0.05) is 12.1 Å². The van der Waals surface area contributed by atoms with Crippen molar-refractivity contribution in [1.82, 2.24) is 5.32 Å². The van der Waals surface area contributed by atoms with Gasteiger partial charge in [-0.3, -0.25) is 4.79 Å². The topological polar surface area (TPSA) is 80.3 Å². The number of nitrogens with one attached hydrogen (secondary N) is 1. The molecule has 1 aliphatic heterocycles. The Kier molecular flexibility index (Phi) is 5.08. The Labute approximate surface area is 128 Å². The average Bonchev–Trinajstić information content (AvgIpc) is 2.48. The minimum Gasteiger partial charge on any atom is -0.317 e. The smallest absolute Gasteiger partial charge is 0.167 e. The number of hydrogen-bond acceptors (Lipinski definition) is 5. The third kappa shape index (κ3) is 3.25. The number of carbonyl (C=O) groups is 2. The van der Waals surface area contributed by atoms with Gasteiger partial charge in [-0.25, -0.2) is 12.8 Å². The molecule has 0 radical (unpaired) electrons. The maximum absolute atomic E-state index is 13.1. The van der Waals surface area contributed by atoms with Crippen molar-refractivity contribution in [3.63, 3.8) is 0 Å². The Hall–Kier alpha value is -1.60. The Morgan fingerprint density at radius 2 is 1.82 bits per heavy atom. The molecule has 1 aromatic rings. The van der Waals surface area contributed by atoms with Crippen LogP contribution in [0, 0.1) is 5.82 Å². The molecule has 1 aromatic carbocycles. The van der Waals surface area contributed by atoms with E-state index in [9.17, 15) is 22.4 Å². The second-order valence-electron chi connectivity index (χ2n) is 5.42. The molecule has 0 unspecified atom stereocenters. The van der Waals surface area contributed by atoms with Gasteiger partial charge in [0.1, 0.15) is 17.9 Å². The van der Waals surface area contributed by atoms with Crippen LogP contribution in [0.15, 0.2) is 24.3 Å². The Morgan fingerprint density at radius 3 is 2.36 bits per heavy atom. The SMILES string of the molecule is O=CCC(=O)CS(=O)(=O)C1(c2ccc(F)cc2)CCNCC1. The first-order chi connectivity index (χ1) is 10.4. The molecule has 0 aliphatic carbocycles.